The van der Waals surface area contributed by atoms with E-state index in [-0.39, 0.29) is 11.3 Å². The smallest absolute Gasteiger partial charge is 0.236 e. The highest BCUT2D eigenvalue weighted by atomic mass is 79.9. The van der Waals surface area contributed by atoms with Crippen LogP contribution in [0.3, 0.4) is 0 Å². The molecule has 0 saturated heterocycles. The van der Waals surface area contributed by atoms with E-state index in [4.69, 9.17) is 6.57 Å². The molecule has 0 heterocycles. The van der Waals surface area contributed by atoms with Crippen molar-refractivity contribution in [3.05, 3.63) is 73.0 Å². The third kappa shape index (κ3) is 4.21. The third-order valence-electron chi connectivity index (χ3n) is 2.81. The summed E-state index contributed by atoms with van der Waals surface area (Å²) in [5, 5.41) is 0. The first-order valence-corrected chi connectivity index (χ1v) is 7.63. The maximum absolute atomic E-state index is 12.8. The second kappa shape index (κ2) is 8.16. The summed E-state index contributed by atoms with van der Waals surface area (Å²) in [6.07, 6.45) is 0.506. The second-order valence-electron chi connectivity index (χ2n) is 4.35. The topological polar surface area (TPSA) is 21.4 Å². The Balaban J connectivity index is 0.000000220. The van der Waals surface area contributed by atoms with Crippen molar-refractivity contribution in [3.63, 3.8) is 0 Å². The van der Waals surface area contributed by atoms with E-state index in [0.717, 1.165) is 11.1 Å². The fourth-order valence-corrected chi connectivity index (χ4v) is 2.36. The number of aryl methyl sites for hydroxylation is 2. The van der Waals surface area contributed by atoms with E-state index in [1.54, 1.807) is 19.1 Å². The average Bonchev–Trinajstić information content (AvgIpc) is 2.49. The largest absolute Gasteiger partial charge is 0.298 e. The first kappa shape index (κ1) is 18.5. The molecule has 2 rings (SSSR count). The lowest BCUT2D eigenvalue weighted by Gasteiger charge is -2.00. The van der Waals surface area contributed by atoms with Crippen LogP contribution in [-0.4, -0.2) is 6.29 Å². The lowest BCUT2D eigenvalue weighted by atomic mass is 10.1. The highest BCUT2D eigenvalue weighted by Gasteiger charge is 2.08. The van der Waals surface area contributed by atoms with Crippen LogP contribution < -0.4 is 0 Å². The molecule has 22 heavy (non-hydrogen) atoms. The van der Waals surface area contributed by atoms with Gasteiger partial charge in [-0.15, -0.1) is 0 Å². The molecule has 0 aliphatic carbocycles. The van der Waals surface area contributed by atoms with E-state index < -0.39 is 11.6 Å². The Bertz CT molecular complexity index is 755. The van der Waals surface area contributed by atoms with Crippen LogP contribution >= 0.6 is 31.9 Å². The second-order valence-corrected chi connectivity index (χ2v) is 5.93. The van der Waals surface area contributed by atoms with E-state index in [1.807, 2.05) is 6.92 Å². The zero-order valence-corrected chi connectivity index (χ0v) is 14.9. The van der Waals surface area contributed by atoms with Crippen molar-refractivity contribution in [2.75, 3.05) is 0 Å². The van der Waals surface area contributed by atoms with Gasteiger partial charge in [0.2, 0.25) is 5.69 Å². The number of nitrogens with zero attached hydrogens (tertiary/aromatic N) is 1. The number of aldehydes is 1. The van der Waals surface area contributed by atoms with Gasteiger partial charge in [0.05, 0.1) is 12.1 Å². The van der Waals surface area contributed by atoms with Gasteiger partial charge in [0, 0.05) is 8.95 Å². The number of carbonyl (C=O) groups is 1. The zero-order chi connectivity index (χ0) is 16.9. The van der Waals surface area contributed by atoms with Gasteiger partial charge in [0.1, 0.15) is 11.6 Å². The molecule has 0 radical (unpaired) electrons. The number of hydrogen-bond donors (Lipinski definition) is 0. The predicted molar refractivity (Wildman–Crippen MR) is 89.3 cm³/mol. The van der Waals surface area contributed by atoms with Crippen molar-refractivity contribution in [1.82, 2.24) is 0 Å². The summed E-state index contributed by atoms with van der Waals surface area (Å²) >= 11 is 6.26. The van der Waals surface area contributed by atoms with Gasteiger partial charge in [0.15, 0.2) is 6.29 Å². The predicted octanol–water partition coefficient (Wildman–Crippen LogP) is 6.16. The zero-order valence-electron chi connectivity index (χ0n) is 11.8. The Morgan fingerprint density at radius 2 is 1.50 bits per heavy atom. The summed E-state index contributed by atoms with van der Waals surface area (Å²) in [6.45, 7) is 10.3. The highest BCUT2D eigenvalue weighted by Crippen LogP contribution is 2.31. The van der Waals surface area contributed by atoms with Crippen LogP contribution in [-0.2, 0) is 0 Å². The molecule has 0 atom stereocenters. The van der Waals surface area contributed by atoms with Crippen LogP contribution in [0.1, 0.15) is 21.5 Å². The van der Waals surface area contributed by atoms with Gasteiger partial charge in [-0.2, -0.15) is 0 Å². The first-order valence-electron chi connectivity index (χ1n) is 6.05. The van der Waals surface area contributed by atoms with Gasteiger partial charge in [-0.3, -0.25) is 4.79 Å². The van der Waals surface area contributed by atoms with Gasteiger partial charge >= 0.3 is 0 Å². The molecule has 114 valence electrons. The van der Waals surface area contributed by atoms with E-state index >= 15 is 0 Å². The number of halogens is 4. The van der Waals surface area contributed by atoms with Gasteiger partial charge in [0.25, 0.3) is 0 Å². The average molecular weight is 431 g/mol. The van der Waals surface area contributed by atoms with Crippen molar-refractivity contribution >= 4 is 43.8 Å². The van der Waals surface area contributed by atoms with E-state index in [1.165, 1.54) is 12.1 Å². The first-order chi connectivity index (χ1) is 10.3. The maximum atomic E-state index is 12.8. The Morgan fingerprint density at radius 3 is 1.91 bits per heavy atom. The van der Waals surface area contributed by atoms with Crippen LogP contribution in [0.5, 0.6) is 0 Å². The molecule has 2 nitrogen and oxygen atoms in total. The van der Waals surface area contributed by atoms with Gasteiger partial charge in [-0.1, -0.05) is 28.1 Å². The molecule has 2 aromatic rings. The fourth-order valence-electron chi connectivity index (χ4n) is 1.53. The highest BCUT2D eigenvalue weighted by molar-refractivity contribution is 9.11. The minimum atomic E-state index is -0.488. The molecule has 6 heteroatoms. The van der Waals surface area contributed by atoms with Crippen molar-refractivity contribution in [1.29, 1.82) is 0 Å². The lowest BCUT2D eigenvalue weighted by Crippen LogP contribution is -1.91. The van der Waals surface area contributed by atoms with Crippen molar-refractivity contribution < 1.29 is 13.6 Å². The summed E-state index contributed by atoms with van der Waals surface area (Å²) < 4.78 is 26.6. The minimum Gasteiger partial charge on any atom is -0.298 e. The molecular weight excluding hydrogens is 420 g/mol. The quantitative estimate of drug-likeness (QED) is 0.392. The Hall–Kier alpha value is -1.58. The maximum Gasteiger partial charge on any atom is 0.236 e. The molecule has 0 unspecified atom stereocenters. The van der Waals surface area contributed by atoms with E-state index in [9.17, 15) is 13.6 Å². The summed E-state index contributed by atoms with van der Waals surface area (Å²) in [5.74, 6) is -0.963. The van der Waals surface area contributed by atoms with Gasteiger partial charge < -0.3 is 0 Å². The monoisotopic (exact) mass is 429 g/mol. The normalized spacial score (nSPS) is 9.50. The molecule has 0 amide bonds. The molecule has 0 aliphatic heterocycles. The molecule has 0 aliphatic rings. The molecule has 0 spiro atoms. The summed E-state index contributed by atoms with van der Waals surface area (Å²) in [6, 6.07) is 5.83. The SMILES string of the molecule is Cc1ccc(F)c(C=O)c1Br.[C-]#[N+]c1c(F)ccc(C)c1Br. The van der Waals surface area contributed by atoms with Crippen LogP contribution in [0.25, 0.3) is 4.85 Å². The Labute approximate surface area is 144 Å². The Morgan fingerprint density at radius 1 is 1.00 bits per heavy atom. The van der Waals surface area contributed by atoms with Crippen molar-refractivity contribution in [2.45, 2.75) is 13.8 Å². The van der Waals surface area contributed by atoms with Crippen LogP contribution in [0.4, 0.5) is 14.5 Å². The Kier molecular flexibility index (Phi) is 6.85. The molecule has 0 aromatic heterocycles. The summed E-state index contributed by atoms with van der Waals surface area (Å²) in [7, 11) is 0. The van der Waals surface area contributed by atoms with Crippen LogP contribution in [0, 0.1) is 32.1 Å². The summed E-state index contributed by atoms with van der Waals surface area (Å²) in [5.41, 5.74) is 1.88. The lowest BCUT2D eigenvalue weighted by molar-refractivity contribution is 0.111. The van der Waals surface area contributed by atoms with E-state index in [0.29, 0.717) is 15.2 Å². The van der Waals surface area contributed by atoms with Crippen molar-refractivity contribution in [3.8, 4) is 0 Å². The molecule has 2 aromatic carbocycles. The standard InChI is InChI=1S/C8H5BrFN.C8H6BrFO/c1-5-3-4-6(10)8(11-2)7(5)9;1-5-2-3-7(10)6(4-11)8(5)9/h3-4H,1H3;2-4H,1H3. The number of benzene rings is 2. The summed E-state index contributed by atoms with van der Waals surface area (Å²) in [4.78, 5) is 13.4. The van der Waals surface area contributed by atoms with E-state index in [2.05, 4.69) is 36.7 Å². The van der Waals surface area contributed by atoms with Gasteiger partial charge in [-0.25, -0.2) is 13.6 Å². The molecule has 0 saturated carbocycles. The number of rotatable bonds is 1. The van der Waals surface area contributed by atoms with Crippen LogP contribution in [0.2, 0.25) is 0 Å². The molecular formula is C16H11Br2F2NO. The van der Waals surface area contributed by atoms with Crippen molar-refractivity contribution in [2.24, 2.45) is 0 Å². The van der Waals surface area contributed by atoms with Crippen LogP contribution in [0.15, 0.2) is 33.2 Å². The fraction of sp³-hybridized carbons (Fsp3) is 0.125. The molecule has 0 bridgehead atoms. The number of hydrogen-bond acceptors (Lipinski definition) is 1. The molecule has 0 N–H and O–H groups in total. The molecule has 0 fully saturated rings. The number of carbonyl (C=O) groups excluding carboxylic acids is 1. The van der Waals surface area contributed by atoms with Gasteiger partial charge in [-0.05, 0) is 53.0 Å². The third-order valence-corrected chi connectivity index (χ3v) is 4.86. The minimum absolute atomic E-state index is 0.0602.